The Morgan fingerprint density at radius 2 is 1.97 bits per heavy atom. The second-order valence-electron chi connectivity index (χ2n) is 6.77. The van der Waals surface area contributed by atoms with Crippen molar-refractivity contribution in [2.75, 3.05) is 13.6 Å². The molecule has 0 aliphatic carbocycles. The third-order valence-electron chi connectivity index (χ3n) is 4.55. The van der Waals surface area contributed by atoms with E-state index in [1.165, 1.54) is 42.6 Å². The summed E-state index contributed by atoms with van der Waals surface area (Å²) < 4.78 is 27.7. The van der Waals surface area contributed by atoms with Gasteiger partial charge in [-0.25, -0.2) is 13.4 Å². The highest BCUT2D eigenvalue weighted by atomic mass is 35.5. The first-order valence-corrected chi connectivity index (χ1v) is 11.5. The third-order valence-corrected chi connectivity index (χ3v) is 7.60. The minimum absolute atomic E-state index is 0.0375. The molecule has 0 bridgehead atoms. The van der Waals surface area contributed by atoms with E-state index < -0.39 is 10.0 Å². The van der Waals surface area contributed by atoms with Gasteiger partial charge < -0.3 is 4.98 Å². The fourth-order valence-electron chi connectivity index (χ4n) is 3.05. The maximum absolute atomic E-state index is 12.9. The number of aromatic nitrogens is 2. The van der Waals surface area contributed by atoms with E-state index in [2.05, 4.69) is 9.97 Å². The molecule has 0 fully saturated rings. The van der Waals surface area contributed by atoms with Crippen LogP contribution in [0.4, 0.5) is 0 Å². The summed E-state index contributed by atoms with van der Waals surface area (Å²) in [5.41, 5.74) is 1.02. The highest BCUT2D eigenvalue weighted by Gasteiger charge is 2.24. The summed E-state index contributed by atoms with van der Waals surface area (Å²) in [6.45, 7) is -0.275. The molecular formula is C20H16ClN3O4S2. The standard InChI is InChI=1S/C20H16ClN3O4S2/c1-24(11-14(25)10-20-23-17-5-3-13(21)9-18(17)29-20)30(27,28)15-4-6-16-12(8-15)2-7-19(26)22-16/h2-9H,10-11H2,1H3,(H,22,26). The molecule has 0 radical (unpaired) electrons. The van der Waals surface area contributed by atoms with E-state index >= 15 is 0 Å². The van der Waals surface area contributed by atoms with Crippen molar-refractivity contribution in [3.8, 4) is 0 Å². The fourth-order valence-corrected chi connectivity index (χ4v) is 5.51. The average Bonchev–Trinajstić information content (AvgIpc) is 3.08. The SMILES string of the molecule is CN(CC(=O)Cc1nc2ccc(Cl)cc2s1)S(=O)(=O)c1ccc2[nH]c(=O)ccc2c1. The molecule has 0 aliphatic heterocycles. The average molecular weight is 462 g/mol. The molecule has 154 valence electrons. The van der Waals surface area contributed by atoms with Gasteiger partial charge in [0.2, 0.25) is 15.6 Å². The molecule has 0 saturated carbocycles. The molecule has 0 amide bonds. The quantitative estimate of drug-likeness (QED) is 0.475. The minimum Gasteiger partial charge on any atom is -0.322 e. The minimum atomic E-state index is -3.87. The Hall–Kier alpha value is -2.59. The van der Waals surface area contributed by atoms with Crippen LogP contribution in [0.2, 0.25) is 5.02 Å². The van der Waals surface area contributed by atoms with Crippen LogP contribution in [0.1, 0.15) is 5.01 Å². The number of benzene rings is 2. The zero-order chi connectivity index (χ0) is 21.5. The van der Waals surface area contributed by atoms with Crippen molar-refractivity contribution in [1.29, 1.82) is 0 Å². The predicted octanol–water partition coefficient (Wildman–Crippen LogP) is 3.22. The van der Waals surface area contributed by atoms with E-state index in [-0.39, 0.29) is 29.2 Å². The second kappa shape index (κ2) is 7.92. The molecule has 4 rings (SSSR count). The highest BCUT2D eigenvalue weighted by Crippen LogP contribution is 2.26. The molecule has 1 N–H and O–H groups in total. The Bertz CT molecular complexity index is 1440. The Kier molecular flexibility index (Phi) is 5.46. The molecule has 7 nitrogen and oxygen atoms in total. The lowest BCUT2D eigenvalue weighted by atomic mass is 10.2. The van der Waals surface area contributed by atoms with Gasteiger partial charge in [-0.05, 0) is 47.9 Å². The van der Waals surface area contributed by atoms with Crippen LogP contribution in [0, 0.1) is 0 Å². The van der Waals surface area contributed by atoms with Crippen LogP contribution >= 0.6 is 22.9 Å². The van der Waals surface area contributed by atoms with Crippen LogP contribution in [0.5, 0.6) is 0 Å². The van der Waals surface area contributed by atoms with Crippen molar-refractivity contribution < 1.29 is 13.2 Å². The van der Waals surface area contributed by atoms with Crippen LogP contribution in [-0.4, -0.2) is 42.1 Å². The van der Waals surface area contributed by atoms with Gasteiger partial charge in [0.25, 0.3) is 0 Å². The number of nitrogens with one attached hydrogen (secondary N) is 1. The number of ketones is 1. The maximum atomic E-state index is 12.9. The van der Waals surface area contributed by atoms with Crippen molar-refractivity contribution in [3.63, 3.8) is 0 Å². The molecule has 0 saturated heterocycles. The zero-order valence-electron chi connectivity index (χ0n) is 15.8. The number of carbonyl (C=O) groups excluding carboxylic acids is 1. The number of pyridine rings is 1. The highest BCUT2D eigenvalue weighted by molar-refractivity contribution is 7.89. The number of hydrogen-bond acceptors (Lipinski definition) is 6. The number of nitrogens with zero attached hydrogens (tertiary/aromatic N) is 2. The van der Waals surface area contributed by atoms with Gasteiger partial charge in [-0.1, -0.05) is 11.6 Å². The van der Waals surface area contributed by atoms with Crippen LogP contribution in [0.15, 0.2) is 58.2 Å². The lowest BCUT2D eigenvalue weighted by Crippen LogP contribution is -2.32. The van der Waals surface area contributed by atoms with Gasteiger partial charge in [0.1, 0.15) is 5.01 Å². The number of likely N-dealkylation sites (N-methyl/N-ethyl adjacent to an activating group) is 1. The number of hydrogen-bond donors (Lipinski definition) is 1. The molecule has 2 aromatic heterocycles. The summed E-state index contributed by atoms with van der Waals surface area (Å²) >= 11 is 7.34. The van der Waals surface area contributed by atoms with Crippen molar-refractivity contribution in [1.82, 2.24) is 14.3 Å². The molecule has 30 heavy (non-hydrogen) atoms. The predicted molar refractivity (Wildman–Crippen MR) is 118 cm³/mol. The van der Waals surface area contributed by atoms with Crippen molar-refractivity contribution in [3.05, 3.63) is 68.9 Å². The van der Waals surface area contributed by atoms with Gasteiger partial charge in [0.05, 0.1) is 28.1 Å². The van der Waals surface area contributed by atoms with E-state index in [0.29, 0.717) is 20.9 Å². The number of halogens is 1. The number of aromatic amines is 1. The van der Waals surface area contributed by atoms with Crippen LogP contribution in [0.25, 0.3) is 21.1 Å². The number of fused-ring (bicyclic) bond motifs is 2. The second-order valence-corrected chi connectivity index (χ2v) is 10.4. The Labute approximate surface area is 181 Å². The van der Waals surface area contributed by atoms with Gasteiger partial charge in [-0.2, -0.15) is 4.31 Å². The van der Waals surface area contributed by atoms with Crippen LogP contribution in [-0.2, 0) is 21.2 Å². The fraction of sp³-hybridized carbons (Fsp3) is 0.150. The van der Waals surface area contributed by atoms with Gasteiger partial charge in [0, 0.05) is 23.7 Å². The number of sulfonamides is 1. The van der Waals surface area contributed by atoms with Gasteiger partial charge >= 0.3 is 0 Å². The van der Waals surface area contributed by atoms with Gasteiger partial charge in [-0.15, -0.1) is 11.3 Å². The monoisotopic (exact) mass is 461 g/mol. The zero-order valence-corrected chi connectivity index (χ0v) is 18.1. The summed E-state index contributed by atoms with van der Waals surface area (Å²) in [4.78, 5) is 31.0. The van der Waals surface area contributed by atoms with Gasteiger partial charge in [-0.3, -0.25) is 9.59 Å². The number of thiazole rings is 1. The topological polar surface area (TPSA) is 100 Å². The van der Waals surface area contributed by atoms with Crippen LogP contribution < -0.4 is 5.56 Å². The molecule has 10 heteroatoms. The molecule has 0 aliphatic rings. The van der Waals surface area contributed by atoms with Gasteiger partial charge in [0.15, 0.2) is 5.78 Å². The number of rotatable bonds is 6. The molecule has 0 unspecified atom stereocenters. The largest absolute Gasteiger partial charge is 0.322 e. The van der Waals surface area contributed by atoms with E-state index in [4.69, 9.17) is 11.6 Å². The first-order chi connectivity index (χ1) is 14.2. The normalized spacial score (nSPS) is 12.1. The Balaban J connectivity index is 1.51. The maximum Gasteiger partial charge on any atom is 0.248 e. The van der Waals surface area contributed by atoms with Crippen LogP contribution in [0.3, 0.4) is 0 Å². The molecule has 2 heterocycles. The lowest BCUT2D eigenvalue weighted by Gasteiger charge is -2.16. The summed E-state index contributed by atoms with van der Waals surface area (Å²) in [6.07, 6.45) is 0.0375. The van der Waals surface area contributed by atoms with E-state index in [0.717, 1.165) is 14.5 Å². The summed E-state index contributed by atoms with van der Waals surface area (Å²) in [5.74, 6) is -0.267. The Morgan fingerprint density at radius 3 is 2.77 bits per heavy atom. The summed E-state index contributed by atoms with van der Waals surface area (Å²) in [5, 5.41) is 1.79. The lowest BCUT2D eigenvalue weighted by molar-refractivity contribution is -0.118. The third kappa shape index (κ3) is 4.15. The first-order valence-electron chi connectivity index (χ1n) is 8.88. The number of Topliss-reactive ketones (excluding diaryl/α,β-unsaturated/α-hetero) is 1. The van der Waals surface area contributed by atoms with E-state index in [1.54, 1.807) is 24.3 Å². The number of H-pyrrole nitrogens is 1. The summed E-state index contributed by atoms with van der Waals surface area (Å²) in [6, 6.07) is 12.6. The summed E-state index contributed by atoms with van der Waals surface area (Å²) in [7, 11) is -2.51. The van der Waals surface area contributed by atoms with Crippen molar-refractivity contribution in [2.24, 2.45) is 0 Å². The van der Waals surface area contributed by atoms with E-state index in [9.17, 15) is 18.0 Å². The molecule has 0 atom stereocenters. The molecule has 4 aromatic rings. The van der Waals surface area contributed by atoms with E-state index in [1.807, 2.05) is 0 Å². The first kappa shape index (κ1) is 20.7. The molecule has 0 spiro atoms. The number of carbonyl (C=O) groups is 1. The van der Waals surface area contributed by atoms with Crippen molar-refractivity contribution in [2.45, 2.75) is 11.3 Å². The smallest absolute Gasteiger partial charge is 0.248 e. The Morgan fingerprint density at radius 1 is 1.17 bits per heavy atom. The molecule has 2 aromatic carbocycles. The molecular weight excluding hydrogens is 446 g/mol. The van der Waals surface area contributed by atoms with Crippen molar-refractivity contribution >= 4 is 59.9 Å².